The molecule has 2 fully saturated rings. The molecule has 6 nitrogen and oxygen atoms in total. The van der Waals surface area contributed by atoms with Gasteiger partial charge in [0.1, 0.15) is 5.75 Å². The van der Waals surface area contributed by atoms with Crippen LogP contribution in [-0.4, -0.2) is 47.8 Å². The van der Waals surface area contributed by atoms with Crippen LogP contribution < -0.4 is 10.3 Å². The Bertz CT molecular complexity index is 626. The van der Waals surface area contributed by atoms with Crippen molar-refractivity contribution in [3.05, 3.63) is 28.2 Å². The molecule has 6 heteroatoms. The summed E-state index contributed by atoms with van der Waals surface area (Å²) in [6.07, 6.45) is 5.61. The number of pyridine rings is 1. The summed E-state index contributed by atoms with van der Waals surface area (Å²) < 4.78 is 12.1. The fraction of sp³-hybridized carbons (Fsp3) is 0.625. The summed E-state index contributed by atoms with van der Waals surface area (Å²) >= 11 is 0. The number of aryl methyl sites for hydroxylation is 1. The van der Waals surface area contributed by atoms with Crippen LogP contribution in [-0.2, 0) is 11.8 Å². The van der Waals surface area contributed by atoms with Crippen LogP contribution >= 0.6 is 0 Å². The second-order valence-electron chi connectivity index (χ2n) is 6.13. The fourth-order valence-electron chi connectivity index (χ4n) is 3.73. The maximum absolute atomic E-state index is 13.0. The number of rotatable bonds is 3. The van der Waals surface area contributed by atoms with Crippen LogP contribution in [0.15, 0.2) is 17.1 Å². The van der Waals surface area contributed by atoms with Gasteiger partial charge in [0.15, 0.2) is 0 Å². The van der Waals surface area contributed by atoms with Crippen molar-refractivity contribution in [2.45, 2.75) is 43.9 Å². The highest BCUT2D eigenvalue weighted by Crippen LogP contribution is 2.38. The monoisotopic (exact) mass is 306 g/mol. The molecule has 1 aromatic heterocycles. The smallest absolute Gasteiger partial charge is 0.259 e. The number of ether oxygens (including phenoxy) is 2. The van der Waals surface area contributed by atoms with E-state index in [2.05, 4.69) is 0 Å². The van der Waals surface area contributed by atoms with Gasteiger partial charge in [-0.25, -0.2) is 0 Å². The van der Waals surface area contributed by atoms with E-state index in [9.17, 15) is 9.59 Å². The van der Waals surface area contributed by atoms with E-state index in [0.29, 0.717) is 11.3 Å². The number of aromatic nitrogens is 1. The van der Waals surface area contributed by atoms with Gasteiger partial charge in [0.05, 0.1) is 18.8 Å². The Hall–Kier alpha value is -1.82. The zero-order chi connectivity index (χ0) is 15.9. The van der Waals surface area contributed by atoms with Crippen molar-refractivity contribution in [3.63, 3.8) is 0 Å². The Kier molecular flexibility index (Phi) is 3.95. The molecule has 120 valence electrons. The first kappa shape index (κ1) is 15.1. The van der Waals surface area contributed by atoms with Gasteiger partial charge in [-0.1, -0.05) is 0 Å². The third-order valence-corrected chi connectivity index (χ3v) is 4.90. The minimum atomic E-state index is -0.186. The second-order valence-corrected chi connectivity index (χ2v) is 6.13. The Labute approximate surface area is 129 Å². The molecule has 0 saturated carbocycles. The first-order valence-corrected chi connectivity index (χ1v) is 7.65. The van der Waals surface area contributed by atoms with Crippen molar-refractivity contribution in [1.29, 1.82) is 0 Å². The summed E-state index contributed by atoms with van der Waals surface area (Å²) in [5.41, 5.74) is 0.270. The minimum absolute atomic E-state index is 0.0468. The SMILES string of the molecule is COc1cc(=O)n(C)cc1C(=O)N1C2CCC1CC(OC)C2. The standard InChI is InChI=1S/C16H22N2O4/c1-17-9-13(14(22-3)8-15(17)19)16(20)18-10-4-5-11(18)7-12(6-10)21-2/h8-12H,4-7H2,1-3H3. The molecule has 2 aliphatic rings. The Morgan fingerprint density at radius 1 is 1.23 bits per heavy atom. The molecule has 2 bridgehead atoms. The normalized spacial score (nSPS) is 27.0. The van der Waals surface area contributed by atoms with Crippen molar-refractivity contribution in [1.82, 2.24) is 9.47 Å². The molecule has 3 heterocycles. The van der Waals surface area contributed by atoms with E-state index < -0.39 is 0 Å². The van der Waals surface area contributed by atoms with Crippen LogP contribution in [0.5, 0.6) is 5.75 Å². The molecule has 0 aromatic carbocycles. The molecule has 0 aliphatic carbocycles. The lowest BCUT2D eigenvalue weighted by atomic mass is 9.98. The highest BCUT2D eigenvalue weighted by Gasteiger charge is 2.44. The van der Waals surface area contributed by atoms with Crippen molar-refractivity contribution < 1.29 is 14.3 Å². The van der Waals surface area contributed by atoms with Gasteiger partial charge < -0.3 is 18.9 Å². The maximum Gasteiger partial charge on any atom is 0.259 e. The van der Waals surface area contributed by atoms with Crippen LogP contribution in [0.2, 0.25) is 0 Å². The van der Waals surface area contributed by atoms with Crippen LogP contribution in [0.1, 0.15) is 36.0 Å². The van der Waals surface area contributed by atoms with E-state index in [1.807, 2.05) is 4.90 Å². The van der Waals surface area contributed by atoms with Gasteiger partial charge in [-0.15, -0.1) is 0 Å². The first-order chi connectivity index (χ1) is 10.5. The van der Waals surface area contributed by atoms with E-state index in [4.69, 9.17) is 9.47 Å². The number of carbonyl (C=O) groups excluding carboxylic acids is 1. The summed E-state index contributed by atoms with van der Waals surface area (Å²) in [4.78, 5) is 26.7. The number of fused-ring (bicyclic) bond motifs is 2. The molecule has 2 atom stereocenters. The lowest BCUT2D eigenvalue weighted by Crippen LogP contribution is -2.48. The zero-order valence-corrected chi connectivity index (χ0v) is 13.2. The number of nitrogens with zero attached hydrogens (tertiary/aromatic N) is 2. The zero-order valence-electron chi connectivity index (χ0n) is 13.2. The molecule has 3 rings (SSSR count). The van der Waals surface area contributed by atoms with E-state index in [0.717, 1.165) is 25.7 Å². The molecule has 2 saturated heterocycles. The molecule has 0 N–H and O–H groups in total. The quantitative estimate of drug-likeness (QED) is 0.841. The predicted molar refractivity (Wildman–Crippen MR) is 81.2 cm³/mol. The molecule has 0 spiro atoms. The molecule has 1 aromatic rings. The maximum atomic E-state index is 13.0. The van der Waals surface area contributed by atoms with Gasteiger partial charge in [-0.2, -0.15) is 0 Å². The van der Waals surface area contributed by atoms with Crippen molar-refractivity contribution in [2.75, 3.05) is 14.2 Å². The lowest BCUT2D eigenvalue weighted by molar-refractivity contribution is 0.00805. The van der Waals surface area contributed by atoms with E-state index in [1.165, 1.54) is 17.7 Å². The third-order valence-electron chi connectivity index (χ3n) is 4.90. The summed E-state index contributed by atoms with van der Waals surface area (Å²) in [6.45, 7) is 0. The molecular weight excluding hydrogens is 284 g/mol. The summed E-state index contributed by atoms with van der Waals surface area (Å²) in [6, 6.07) is 1.81. The number of amides is 1. The molecular formula is C16H22N2O4. The van der Waals surface area contributed by atoms with Crippen LogP contribution in [0.25, 0.3) is 0 Å². The Morgan fingerprint density at radius 2 is 1.86 bits per heavy atom. The van der Waals surface area contributed by atoms with Gasteiger partial charge in [-0.05, 0) is 25.7 Å². The van der Waals surface area contributed by atoms with Gasteiger partial charge in [0, 0.05) is 38.5 Å². The number of hydrogen-bond acceptors (Lipinski definition) is 4. The van der Waals surface area contributed by atoms with Crippen LogP contribution in [0.3, 0.4) is 0 Å². The summed E-state index contributed by atoms with van der Waals surface area (Å²) in [7, 11) is 4.86. The summed E-state index contributed by atoms with van der Waals surface area (Å²) in [5.74, 6) is 0.302. The van der Waals surface area contributed by atoms with Gasteiger partial charge in [0.2, 0.25) is 0 Å². The number of carbonyl (C=O) groups is 1. The van der Waals surface area contributed by atoms with Gasteiger partial charge in [-0.3, -0.25) is 9.59 Å². The van der Waals surface area contributed by atoms with Crippen LogP contribution in [0.4, 0.5) is 0 Å². The minimum Gasteiger partial charge on any atom is -0.496 e. The summed E-state index contributed by atoms with van der Waals surface area (Å²) in [5, 5.41) is 0. The van der Waals surface area contributed by atoms with E-state index >= 15 is 0 Å². The Morgan fingerprint density at radius 3 is 2.41 bits per heavy atom. The molecule has 0 radical (unpaired) electrons. The van der Waals surface area contributed by atoms with Crippen molar-refractivity contribution in [2.24, 2.45) is 7.05 Å². The average molecular weight is 306 g/mol. The topological polar surface area (TPSA) is 60.8 Å². The highest BCUT2D eigenvalue weighted by molar-refractivity contribution is 5.97. The van der Waals surface area contributed by atoms with E-state index in [-0.39, 0.29) is 29.7 Å². The lowest BCUT2D eigenvalue weighted by Gasteiger charge is -2.38. The average Bonchev–Trinajstić information content (AvgIpc) is 2.78. The van der Waals surface area contributed by atoms with Crippen molar-refractivity contribution >= 4 is 5.91 Å². The third kappa shape index (κ3) is 2.41. The highest BCUT2D eigenvalue weighted by atomic mass is 16.5. The molecule has 2 unspecified atom stereocenters. The number of methoxy groups -OCH3 is 2. The van der Waals surface area contributed by atoms with Crippen molar-refractivity contribution in [3.8, 4) is 5.75 Å². The second kappa shape index (κ2) is 5.76. The Balaban J connectivity index is 1.92. The fourth-order valence-corrected chi connectivity index (χ4v) is 3.73. The molecule has 22 heavy (non-hydrogen) atoms. The van der Waals surface area contributed by atoms with Crippen LogP contribution in [0, 0.1) is 0 Å². The van der Waals surface area contributed by atoms with E-state index in [1.54, 1.807) is 20.4 Å². The molecule has 2 aliphatic heterocycles. The largest absolute Gasteiger partial charge is 0.496 e. The number of piperidine rings is 1. The van der Waals surface area contributed by atoms with Gasteiger partial charge in [0.25, 0.3) is 11.5 Å². The first-order valence-electron chi connectivity index (χ1n) is 7.65. The van der Waals surface area contributed by atoms with Gasteiger partial charge >= 0.3 is 0 Å². The number of hydrogen-bond donors (Lipinski definition) is 0. The predicted octanol–water partition coefficient (Wildman–Crippen LogP) is 1.18. The molecule has 1 amide bonds.